The number of carbonyl (C=O) groups is 3. The lowest BCUT2D eigenvalue weighted by atomic mass is 10.0. The second kappa shape index (κ2) is 9.04. The molecule has 0 saturated carbocycles. The van der Waals surface area contributed by atoms with E-state index in [0.717, 1.165) is 5.56 Å². The summed E-state index contributed by atoms with van der Waals surface area (Å²) in [6.07, 6.45) is -4.71. The Morgan fingerprint density at radius 1 is 1.10 bits per heavy atom. The summed E-state index contributed by atoms with van der Waals surface area (Å²) in [5.41, 5.74) is 0.873. The molecule has 0 aromatic heterocycles. The number of fused-ring (bicyclic) bond motifs is 1. The zero-order valence-electron chi connectivity index (χ0n) is 18.0. The van der Waals surface area contributed by atoms with E-state index < -0.39 is 47.9 Å². The fraction of sp³-hybridized carbons (Fsp3) is 0.591. The number of esters is 1. The van der Waals surface area contributed by atoms with Gasteiger partial charge in [-0.1, -0.05) is 30.3 Å². The zero-order chi connectivity index (χ0) is 22.8. The third-order valence-electron chi connectivity index (χ3n) is 5.13. The molecule has 0 amide bonds. The van der Waals surface area contributed by atoms with Crippen molar-refractivity contribution in [3.05, 3.63) is 35.9 Å². The highest BCUT2D eigenvalue weighted by Gasteiger charge is 2.65. The number of hydrogen-bond donors (Lipinski definition) is 1. The number of Topliss-reactive ketones (excluding diaryl/α,β-unsaturated/α-hetero) is 1. The molecular formula is C22H28O9. The summed E-state index contributed by atoms with van der Waals surface area (Å²) in [5, 5.41) is 9.75. The van der Waals surface area contributed by atoms with Crippen LogP contribution in [0, 0.1) is 0 Å². The van der Waals surface area contributed by atoms with Crippen molar-refractivity contribution < 1.29 is 43.2 Å². The maximum Gasteiger partial charge on any atom is 0.347 e. The van der Waals surface area contributed by atoms with Crippen LogP contribution in [-0.2, 0) is 44.7 Å². The van der Waals surface area contributed by atoms with Crippen LogP contribution in [0.2, 0.25) is 0 Å². The summed E-state index contributed by atoms with van der Waals surface area (Å²) in [4.78, 5) is 35.2. The van der Waals surface area contributed by atoms with Crippen molar-refractivity contribution in [1.29, 1.82) is 0 Å². The van der Waals surface area contributed by atoms with Crippen molar-refractivity contribution in [2.24, 2.45) is 0 Å². The average molecular weight is 436 g/mol. The topological polar surface area (TPSA) is 118 Å². The maximum absolute atomic E-state index is 12.1. The van der Waals surface area contributed by atoms with Gasteiger partial charge in [0.15, 0.2) is 11.6 Å². The third kappa shape index (κ3) is 5.48. The van der Waals surface area contributed by atoms with E-state index >= 15 is 0 Å². The van der Waals surface area contributed by atoms with E-state index in [0.29, 0.717) is 0 Å². The molecule has 9 heteroatoms. The normalized spacial score (nSPS) is 29.9. The van der Waals surface area contributed by atoms with Gasteiger partial charge in [-0.3, -0.25) is 4.79 Å². The molecule has 0 bridgehead atoms. The van der Waals surface area contributed by atoms with E-state index in [2.05, 4.69) is 0 Å². The first-order chi connectivity index (χ1) is 14.5. The van der Waals surface area contributed by atoms with Gasteiger partial charge in [-0.2, -0.15) is 0 Å². The van der Waals surface area contributed by atoms with Crippen LogP contribution >= 0.6 is 0 Å². The molecule has 1 aromatic rings. The largest absolute Gasteiger partial charge is 0.478 e. The van der Waals surface area contributed by atoms with E-state index in [9.17, 15) is 19.5 Å². The lowest BCUT2D eigenvalue weighted by molar-refractivity contribution is -0.268. The Morgan fingerprint density at radius 3 is 2.39 bits per heavy atom. The first-order valence-corrected chi connectivity index (χ1v) is 10.1. The van der Waals surface area contributed by atoms with Crippen LogP contribution in [0.3, 0.4) is 0 Å². The lowest BCUT2D eigenvalue weighted by Gasteiger charge is -2.29. The monoisotopic (exact) mass is 436 g/mol. The SMILES string of the molecule is CC(=O)CCC(=O)O[C@@H](C(=O)O)[C@H]1O[C@]2(C)OC(C)(C)O[C@@H]2[C@H]1OCc1ccccc1. The highest BCUT2D eigenvalue weighted by molar-refractivity contribution is 5.83. The zero-order valence-corrected chi connectivity index (χ0v) is 18.0. The van der Waals surface area contributed by atoms with Gasteiger partial charge in [-0.15, -0.1) is 0 Å². The Labute approximate surface area is 180 Å². The van der Waals surface area contributed by atoms with Gasteiger partial charge in [0.05, 0.1) is 13.0 Å². The minimum Gasteiger partial charge on any atom is -0.478 e. The van der Waals surface area contributed by atoms with Crippen LogP contribution < -0.4 is 0 Å². The molecule has 0 unspecified atom stereocenters. The highest BCUT2D eigenvalue weighted by atomic mass is 16.9. The number of carbonyl (C=O) groups excluding carboxylic acids is 2. The Hall–Kier alpha value is -2.33. The number of ether oxygens (including phenoxy) is 5. The second-order valence-electron chi connectivity index (χ2n) is 8.35. The van der Waals surface area contributed by atoms with Gasteiger partial charge >= 0.3 is 11.9 Å². The third-order valence-corrected chi connectivity index (χ3v) is 5.13. The van der Waals surface area contributed by atoms with Crippen LogP contribution in [0.1, 0.15) is 46.1 Å². The van der Waals surface area contributed by atoms with E-state index in [1.54, 1.807) is 20.8 Å². The molecular weight excluding hydrogens is 408 g/mol. The van der Waals surface area contributed by atoms with Crippen molar-refractivity contribution in [3.63, 3.8) is 0 Å². The number of ketones is 1. The molecule has 2 saturated heterocycles. The van der Waals surface area contributed by atoms with E-state index in [4.69, 9.17) is 23.7 Å². The number of rotatable bonds is 9. The van der Waals surface area contributed by atoms with Crippen molar-refractivity contribution in [3.8, 4) is 0 Å². The van der Waals surface area contributed by atoms with E-state index in [-0.39, 0.29) is 25.2 Å². The predicted octanol–water partition coefficient (Wildman–Crippen LogP) is 2.20. The van der Waals surface area contributed by atoms with Crippen molar-refractivity contribution >= 4 is 17.7 Å². The molecule has 5 atom stereocenters. The highest BCUT2D eigenvalue weighted by Crippen LogP contribution is 2.47. The summed E-state index contributed by atoms with van der Waals surface area (Å²) >= 11 is 0. The molecule has 0 spiro atoms. The lowest BCUT2D eigenvalue weighted by Crippen LogP contribution is -2.47. The summed E-state index contributed by atoms with van der Waals surface area (Å²) in [7, 11) is 0. The molecule has 0 aliphatic carbocycles. The number of carboxylic acids is 1. The van der Waals surface area contributed by atoms with E-state index in [1.165, 1.54) is 6.92 Å². The molecule has 0 radical (unpaired) electrons. The number of hydrogen-bond acceptors (Lipinski definition) is 8. The van der Waals surface area contributed by atoms with E-state index in [1.807, 2.05) is 30.3 Å². The quantitative estimate of drug-likeness (QED) is 0.581. The van der Waals surface area contributed by atoms with Crippen molar-refractivity contribution in [2.75, 3.05) is 0 Å². The van der Waals surface area contributed by atoms with Gasteiger partial charge in [-0.05, 0) is 33.3 Å². The van der Waals surface area contributed by atoms with Crippen LogP contribution in [-0.4, -0.2) is 58.8 Å². The van der Waals surface area contributed by atoms with Gasteiger partial charge in [0.2, 0.25) is 6.10 Å². The minimum absolute atomic E-state index is 0.0363. The summed E-state index contributed by atoms with van der Waals surface area (Å²) in [6.45, 7) is 6.60. The van der Waals surface area contributed by atoms with Crippen LogP contribution in [0.4, 0.5) is 0 Å². The molecule has 2 aliphatic heterocycles. The Bertz CT molecular complexity index is 822. The van der Waals surface area contributed by atoms with Gasteiger partial charge in [0, 0.05) is 6.42 Å². The summed E-state index contributed by atoms with van der Waals surface area (Å²) < 4.78 is 29.0. The summed E-state index contributed by atoms with van der Waals surface area (Å²) in [6, 6.07) is 9.34. The maximum atomic E-state index is 12.1. The molecule has 3 rings (SSSR count). The number of aliphatic carboxylic acids is 1. The van der Waals surface area contributed by atoms with Crippen LogP contribution in [0.15, 0.2) is 30.3 Å². The van der Waals surface area contributed by atoms with Crippen LogP contribution in [0.25, 0.3) is 0 Å². The number of benzene rings is 1. The predicted molar refractivity (Wildman–Crippen MR) is 106 cm³/mol. The molecule has 1 aromatic carbocycles. The number of carboxylic acid groups (broad SMARTS) is 1. The molecule has 2 heterocycles. The van der Waals surface area contributed by atoms with Crippen LogP contribution in [0.5, 0.6) is 0 Å². The van der Waals surface area contributed by atoms with Crippen molar-refractivity contribution in [2.45, 2.75) is 83.1 Å². The first kappa shape index (κ1) is 23.3. The Balaban J connectivity index is 1.81. The van der Waals surface area contributed by atoms with Gasteiger partial charge in [0.25, 0.3) is 0 Å². The first-order valence-electron chi connectivity index (χ1n) is 10.1. The fourth-order valence-electron chi connectivity index (χ4n) is 3.87. The molecule has 1 N–H and O–H groups in total. The molecule has 9 nitrogen and oxygen atoms in total. The minimum atomic E-state index is -1.65. The summed E-state index contributed by atoms with van der Waals surface area (Å²) in [5.74, 6) is -4.64. The van der Waals surface area contributed by atoms with Gasteiger partial charge in [-0.25, -0.2) is 4.79 Å². The van der Waals surface area contributed by atoms with Gasteiger partial charge in [0.1, 0.15) is 24.1 Å². The van der Waals surface area contributed by atoms with Crippen molar-refractivity contribution in [1.82, 2.24) is 0 Å². The fourth-order valence-corrected chi connectivity index (χ4v) is 3.87. The Morgan fingerprint density at radius 2 is 1.77 bits per heavy atom. The molecule has 31 heavy (non-hydrogen) atoms. The molecule has 2 fully saturated rings. The average Bonchev–Trinajstić information content (AvgIpc) is 3.07. The molecule has 2 aliphatic rings. The molecule has 170 valence electrons. The second-order valence-corrected chi connectivity index (χ2v) is 8.35. The van der Waals surface area contributed by atoms with Gasteiger partial charge < -0.3 is 33.6 Å². The standard InChI is InChI=1S/C22H28O9/c1-13(23)10-11-15(24)28-18(20(25)26)16-17(27-12-14-8-6-5-7-9-14)19-22(4,29-16)31-21(2,3)30-19/h5-9,16-19H,10-12H2,1-4H3,(H,25,26)/t16-,17-,18+,19+,22+/m0/s1. The Kier molecular flexibility index (Phi) is 6.80. The smallest absolute Gasteiger partial charge is 0.347 e.